The zero-order valence-corrected chi connectivity index (χ0v) is 12.1. The van der Waals surface area contributed by atoms with Crippen LogP contribution in [0.3, 0.4) is 0 Å². The molecule has 0 aromatic heterocycles. The molecule has 2 aliphatic rings. The molecule has 0 spiro atoms. The Morgan fingerprint density at radius 2 is 2.15 bits per heavy atom. The van der Waals surface area contributed by atoms with Crippen LogP contribution in [0.2, 0.25) is 0 Å². The van der Waals surface area contributed by atoms with E-state index < -0.39 is 5.97 Å². The number of benzene rings is 1. The van der Waals surface area contributed by atoms with Crippen molar-refractivity contribution in [3.8, 4) is 0 Å². The van der Waals surface area contributed by atoms with Crippen molar-refractivity contribution in [1.82, 2.24) is 0 Å². The molecule has 1 N–H and O–H groups in total. The Kier molecular flexibility index (Phi) is 3.68. The molecule has 3 nitrogen and oxygen atoms in total. The molecule has 2 atom stereocenters. The van der Waals surface area contributed by atoms with Gasteiger partial charge in [-0.3, -0.25) is 0 Å². The first-order valence-electron chi connectivity index (χ1n) is 7.78. The van der Waals surface area contributed by atoms with E-state index in [4.69, 9.17) is 5.11 Å². The fourth-order valence-corrected chi connectivity index (χ4v) is 3.82. The maximum Gasteiger partial charge on any atom is 0.335 e. The predicted molar refractivity (Wildman–Crippen MR) is 80.5 cm³/mol. The number of anilines is 1. The lowest BCUT2D eigenvalue weighted by molar-refractivity contribution is 0.0697. The molecule has 108 valence electrons. The van der Waals surface area contributed by atoms with Crippen molar-refractivity contribution in [3.05, 3.63) is 29.3 Å². The van der Waals surface area contributed by atoms with Crippen LogP contribution in [0.1, 0.15) is 54.9 Å². The maximum absolute atomic E-state index is 11.1. The van der Waals surface area contributed by atoms with Crippen molar-refractivity contribution in [3.63, 3.8) is 0 Å². The summed E-state index contributed by atoms with van der Waals surface area (Å²) >= 11 is 0. The van der Waals surface area contributed by atoms with Crippen molar-refractivity contribution < 1.29 is 9.90 Å². The van der Waals surface area contributed by atoms with Crippen LogP contribution in [0.5, 0.6) is 0 Å². The molecule has 3 rings (SSSR count). The Morgan fingerprint density at radius 3 is 2.90 bits per heavy atom. The van der Waals surface area contributed by atoms with Gasteiger partial charge in [0.2, 0.25) is 0 Å². The Morgan fingerprint density at radius 1 is 1.30 bits per heavy atom. The highest BCUT2D eigenvalue weighted by Gasteiger charge is 2.28. The molecule has 1 heterocycles. The molecule has 2 unspecified atom stereocenters. The molecule has 0 radical (unpaired) electrons. The van der Waals surface area contributed by atoms with E-state index in [0.717, 1.165) is 25.3 Å². The number of carboxylic acid groups (broad SMARTS) is 1. The summed E-state index contributed by atoms with van der Waals surface area (Å²) in [5.74, 6) is -0.00590. The summed E-state index contributed by atoms with van der Waals surface area (Å²) in [6, 6.07) is 6.30. The minimum absolute atomic E-state index is 0.419. The van der Waals surface area contributed by atoms with Gasteiger partial charge >= 0.3 is 5.97 Å². The SMILES string of the molecule is CC1CCCC(N2CCCc3cc(C(=O)O)ccc32)C1. The number of rotatable bonds is 2. The Hall–Kier alpha value is -1.51. The van der Waals surface area contributed by atoms with Crippen molar-refractivity contribution in [2.45, 2.75) is 51.5 Å². The lowest BCUT2D eigenvalue weighted by Gasteiger charge is -2.41. The average Bonchev–Trinajstić information content (AvgIpc) is 2.46. The van der Waals surface area contributed by atoms with Crippen LogP contribution in [0.4, 0.5) is 5.69 Å². The first-order valence-corrected chi connectivity index (χ1v) is 7.78. The summed E-state index contributed by atoms with van der Waals surface area (Å²) < 4.78 is 0. The molecule has 0 amide bonds. The lowest BCUT2D eigenvalue weighted by Crippen LogP contribution is -2.41. The molecule has 1 aliphatic carbocycles. The van der Waals surface area contributed by atoms with Gasteiger partial charge in [0, 0.05) is 18.3 Å². The van der Waals surface area contributed by atoms with Gasteiger partial charge in [-0.15, -0.1) is 0 Å². The van der Waals surface area contributed by atoms with Crippen LogP contribution in [0.15, 0.2) is 18.2 Å². The minimum Gasteiger partial charge on any atom is -0.478 e. The Labute approximate surface area is 120 Å². The minimum atomic E-state index is -0.823. The summed E-state index contributed by atoms with van der Waals surface area (Å²) in [5.41, 5.74) is 2.91. The van der Waals surface area contributed by atoms with Gasteiger partial charge in [-0.1, -0.05) is 19.8 Å². The standard InChI is InChI=1S/C17H23NO2/c1-12-4-2-6-15(10-12)18-9-3-5-13-11-14(17(19)20)7-8-16(13)18/h7-8,11-12,15H,2-6,9-10H2,1H3,(H,19,20). The number of fused-ring (bicyclic) bond motifs is 1. The average molecular weight is 273 g/mol. The monoisotopic (exact) mass is 273 g/mol. The van der Waals surface area contributed by atoms with E-state index in [9.17, 15) is 4.79 Å². The van der Waals surface area contributed by atoms with E-state index in [1.165, 1.54) is 36.9 Å². The fraction of sp³-hybridized carbons (Fsp3) is 0.588. The quantitative estimate of drug-likeness (QED) is 0.893. The second-order valence-corrected chi connectivity index (χ2v) is 6.37. The molecule has 1 saturated carbocycles. The summed E-state index contributed by atoms with van der Waals surface area (Å²) in [4.78, 5) is 13.6. The summed E-state index contributed by atoms with van der Waals surface area (Å²) in [5, 5.41) is 9.12. The Balaban J connectivity index is 1.87. The highest BCUT2D eigenvalue weighted by Crippen LogP contribution is 2.35. The van der Waals surface area contributed by atoms with Crippen molar-refractivity contribution in [1.29, 1.82) is 0 Å². The molecule has 1 aliphatic heterocycles. The van der Waals surface area contributed by atoms with Gasteiger partial charge in [-0.25, -0.2) is 4.79 Å². The number of aromatic carboxylic acids is 1. The number of hydrogen-bond acceptors (Lipinski definition) is 2. The van der Waals surface area contributed by atoms with Crippen LogP contribution < -0.4 is 4.90 Å². The molecule has 20 heavy (non-hydrogen) atoms. The molecule has 0 saturated heterocycles. The highest BCUT2D eigenvalue weighted by molar-refractivity contribution is 5.88. The van der Waals surface area contributed by atoms with Gasteiger partial charge < -0.3 is 10.0 Å². The zero-order valence-electron chi connectivity index (χ0n) is 12.1. The smallest absolute Gasteiger partial charge is 0.335 e. The van der Waals surface area contributed by atoms with Gasteiger partial charge in [-0.05, 0) is 55.4 Å². The third kappa shape index (κ3) is 2.54. The van der Waals surface area contributed by atoms with Crippen molar-refractivity contribution in [2.24, 2.45) is 5.92 Å². The van der Waals surface area contributed by atoms with E-state index in [2.05, 4.69) is 11.8 Å². The molecule has 1 aromatic carbocycles. The van der Waals surface area contributed by atoms with Crippen LogP contribution in [-0.4, -0.2) is 23.7 Å². The fourth-order valence-electron chi connectivity index (χ4n) is 3.82. The first kappa shape index (κ1) is 13.5. The molecule has 0 bridgehead atoms. The first-order chi connectivity index (χ1) is 9.65. The topological polar surface area (TPSA) is 40.5 Å². The molecule has 3 heteroatoms. The molecular formula is C17H23NO2. The maximum atomic E-state index is 11.1. The second kappa shape index (κ2) is 5.47. The van der Waals surface area contributed by atoms with Crippen LogP contribution in [0, 0.1) is 5.92 Å². The summed E-state index contributed by atoms with van der Waals surface area (Å²) in [7, 11) is 0. The summed E-state index contributed by atoms with van der Waals surface area (Å²) in [6.45, 7) is 3.47. The molecule has 1 aromatic rings. The van der Waals surface area contributed by atoms with E-state index in [1.54, 1.807) is 6.07 Å². The third-order valence-electron chi connectivity index (χ3n) is 4.83. The number of hydrogen-bond donors (Lipinski definition) is 1. The van der Waals surface area contributed by atoms with Gasteiger partial charge in [-0.2, -0.15) is 0 Å². The van der Waals surface area contributed by atoms with Gasteiger partial charge in [0.25, 0.3) is 0 Å². The highest BCUT2D eigenvalue weighted by atomic mass is 16.4. The van der Waals surface area contributed by atoms with Crippen LogP contribution in [0.25, 0.3) is 0 Å². The lowest BCUT2D eigenvalue weighted by atomic mass is 9.84. The van der Waals surface area contributed by atoms with E-state index in [-0.39, 0.29) is 0 Å². The normalized spacial score (nSPS) is 26.1. The van der Waals surface area contributed by atoms with Crippen LogP contribution >= 0.6 is 0 Å². The van der Waals surface area contributed by atoms with Gasteiger partial charge in [0.05, 0.1) is 5.56 Å². The van der Waals surface area contributed by atoms with E-state index >= 15 is 0 Å². The predicted octanol–water partition coefficient (Wildman–Crippen LogP) is 3.72. The van der Waals surface area contributed by atoms with Crippen molar-refractivity contribution in [2.75, 3.05) is 11.4 Å². The summed E-state index contributed by atoms with van der Waals surface area (Å²) in [6.07, 6.45) is 7.39. The molecule has 1 fully saturated rings. The Bertz CT molecular complexity index is 512. The van der Waals surface area contributed by atoms with E-state index in [0.29, 0.717) is 11.6 Å². The van der Waals surface area contributed by atoms with Gasteiger partial charge in [0.1, 0.15) is 0 Å². The number of carboxylic acids is 1. The van der Waals surface area contributed by atoms with Crippen LogP contribution in [-0.2, 0) is 6.42 Å². The number of aryl methyl sites for hydroxylation is 1. The number of nitrogens with zero attached hydrogens (tertiary/aromatic N) is 1. The third-order valence-corrected chi connectivity index (χ3v) is 4.83. The largest absolute Gasteiger partial charge is 0.478 e. The van der Waals surface area contributed by atoms with E-state index in [1.807, 2.05) is 12.1 Å². The number of carbonyl (C=O) groups is 1. The zero-order chi connectivity index (χ0) is 14.1. The van der Waals surface area contributed by atoms with Gasteiger partial charge in [0.15, 0.2) is 0 Å². The molecular weight excluding hydrogens is 250 g/mol. The second-order valence-electron chi connectivity index (χ2n) is 6.37. The van der Waals surface area contributed by atoms with Crippen molar-refractivity contribution >= 4 is 11.7 Å².